The topological polar surface area (TPSA) is 84.1 Å². The van der Waals surface area contributed by atoms with E-state index in [2.05, 4.69) is 34.3 Å². The first-order chi connectivity index (χ1) is 9.10. The Morgan fingerprint density at radius 2 is 2.16 bits per heavy atom. The van der Waals surface area contributed by atoms with Crippen LogP contribution in [0.15, 0.2) is 12.1 Å². The summed E-state index contributed by atoms with van der Waals surface area (Å²) in [6.07, 6.45) is 0.901. The quantitative estimate of drug-likeness (QED) is 0.761. The summed E-state index contributed by atoms with van der Waals surface area (Å²) in [6.45, 7) is 8.12. The molecule has 0 aromatic carbocycles. The fraction of sp³-hybridized carbons (Fsp3) is 0.615. The lowest BCUT2D eigenvalue weighted by Crippen LogP contribution is -2.34. The Morgan fingerprint density at radius 1 is 1.42 bits per heavy atom. The maximum absolute atomic E-state index is 11.6. The predicted octanol–water partition coefficient (Wildman–Crippen LogP) is 0.790. The van der Waals surface area contributed by atoms with Gasteiger partial charge in [0.25, 0.3) is 5.91 Å². The fourth-order valence-corrected chi connectivity index (χ4v) is 1.75. The predicted molar refractivity (Wildman–Crippen MR) is 76.2 cm³/mol. The lowest BCUT2D eigenvalue weighted by molar-refractivity contribution is 0.0950. The number of rotatable bonds is 7. The molecule has 1 aromatic heterocycles. The molecular weight excluding hydrogens is 242 g/mol. The van der Waals surface area contributed by atoms with Gasteiger partial charge in [-0.1, -0.05) is 0 Å². The molecule has 6 nitrogen and oxygen atoms in total. The summed E-state index contributed by atoms with van der Waals surface area (Å²) in [7, 11) is 0. The van der Waals surface area contributed by atoms with Crippen LogP contribution in [0.25, 0.3) is 0 Å². The molecule has 0 saturated carbocycles. The van der Waals surface area contributed by atoms with Crippen LogP contribution >= 0.6 is 0 Å². The van der Waals surface area contributed by atoms with Crippen LogP contribution in [0.3, 0.4) is 0 Å². The number of carbonyl (C=O) groups is 1. The average molecular weight is 265 g/mol. The summed E-state index contributed by atoms with van der Waals surface area (Å²) >= 11 is 0. The molecule has 1 heterocycles. The summed E-state index contributed by atoms with van der Waals surface area (Å²) in [4.78, 5) is 13.7. The van der Waals surface area contributed by atoms with Crippen molar-refractivity contribution in [2.45, 2.75) is 33.2 Å². The number of hydrogen-bond donors (Lipinski definition) is 2. The zero-order valence-electron chi connectivity index (χ0n) is 11.9. The van der Waals surface area contributed by atoms with Crippen LogP contribution in [0.5, 0.6) is 0 Å². The molecule has 1 amide bonds. The molecule has 1 aromatic rings. The van der Waals surface area contributed by atoms with Crippen molar-refractivity contribution < 1.29 is 4.79 Å². The van der Waals surface area contributed by atoms with E-state index in [0.717, 1.165) is 18.8 Å². The van der Waals surface area contributed by atoms with Crippen molar-refractivity contribution in [1.82, 2.24) is 15.5 Å². The number of aromatic nitrogens is 2. The van der Waals surface area contributed by atoms with Gasteiger partial charge in [0.05, 0.1) is 0 Å². The first kappa shape index (κ1) is 15.4. The van der Waals surface area contributed by atoms with Gasteiger partial charge >= 0.3 is 0 Å². The van der Waals surface area contributed by atoms with Crippen molar-refractivity contribution in [3.05, 3.63) is 17.8 Å². The number of amides is 1. The first-order valence-corrected chi connectivity index (χ1v) is 6.68. The van der Waals surface area contributed by atoms with Crippen LogP contribution in [0.2, 0.25) is 0 Å². The highest BCUT2D eigenvalue weighted by Crippen LogP contribution is 2.13. The van der Waals surface area contributed by atoms with Crippen molar-refractivity contribution in [3.8, 4) is 0 Å². The molecule has 106 valence electrons. The van der Waals surface area contributed by atoms with E-state index < -0.39 is 0 Å². The molecule has 0 fully saturated rings. The monoisotopic (exact) mass is 265 g/mol. The fourth-order valence-electron chi connectivity index (χ4n) is 1.75. The molecule has 0 radical (unpaired) electrons. The molecule has 0 aliphatic rings. The minimum atomic E-state index is -0.195. The number of carbonyl (C=O) groups excluding carboxylic acids is 1. The molecule has 1 rings (SSSR count). The Labute approximate surface area is 114 Å². The van der Waals surface area contributed by atoms with Gasteiger partial charge in [0.15, 0.2) is 11.5 Å². The minimum absolute atomic E-state index is 0.195. The smallest absolute Gasteiger partial charge is 0.271 e. The molecule has 3 N–H and O–H groups in total. The minimum Gasteiger partial charge on any atom is -0.353 e. The Bertz CT molecular complexity index is 391. The third-order valence-electron chi connectivity index (χ3n) is 2.74. The Kier molecular flexibility index (Phi) is 6.21. The van der Waals surface area contributed by atoms with Gasteiger partial charge in [-0.3, -0.25) is 4.79 Å². The SMILES string of the molecule is CCNC(=O)c1ccc(N(CCCN)C(C)C)nn1. The van der Waals surface area contributed by atoms with E-state index in [9.17, 15) is 4.79 Å². The normalized spacial score (nSPS) is 10.6. The highest BCUT2D eigenvalue weighted by Gasteiger charge is 2.13. The maximum atomic E-state index is 11.6. The second-order valence-corrected chi connectivity index (χ2v) is 4.57. The van der Waals surface area contributed by atoms with E-state index in [4.69, 9.17) is 5.73 Å². The number of nitrogens with zero attached hydrogens (tertiary/aromatic N) is 3. The number of nitrogens with two attached hydrogens (primary N) is 1. The Balaban J connectivity index is 2.80. The van der Waals surface area contributed by atoms with Crippen LogP contribution in [0.4, 0.5) is 5.82 Å². The van der Waals surface area contributed by atoms with Crippen LogP contribution < -0.4 is 16.0 Å². The molecule has 6 heteroatoms. The molecule has 0 aliphatic heterocycles. The summed E-state index contributed by atoms with van der Waals surface area (Å²) in [5.74, 6) is 0.580. The van der Waals surface area contributed by atoms with E-state index in [1.54, 1.807) is 6.07 Å². The summed E-state index contributed by atoms with van der Waals surface area (Å²) in [6, 6.07) is 3.84. The average Bonchev–Trinajstić information content (AvgIpc) is 2.40. The van der Waals surface area contributed by atoms with Crippen molar-refractivity contribution in [2.24, 2.45) is 5.73 Å². The van der Waals surface area contributed by atoms with Gasteiger partial charge in [-0.25, -0.2) is 0 Å². The van der Waals surface area contributed by atoms with E-state index in [1.165, 1.54) is 0 Å². The maximum Gasteiger partial charge on any atom is 0.271 e. The number of anilines is 1. The van der Waals surface area contributed by atoms with Crippen molar-refractivity contribution in [1.29, 1.82) is 0 Å². The second-order valence-electron chi connectivity index (χ2n) is 4.57. The van der Waals surface area contributed by atoms with E-state index in [1.807, 2.05) is 13.0 Å². The first-order valence-electron chi connectivity index (χ1n) is 6.68. The van der Waals surface area contributed by atoms with E-state index in [-0.39, 0.29) is 5.91 Å². The van der Waals surface area contributed by atoms with Gasteiger partial charge in [-0.2, -0.15) is 0 Å². The lowest BCUT2D eigenvalue weighted by Gasteiger charge is -2.27. The van der Waals surface area contributed by atoms with Gasteiger partial charge in [-0.05, 0) is 45.9 Å². The summed E-state index contributed by atoms with van der Waals surface area (Å²) in [5.41, 5.74) is 5.88. The van der Waals surface area contributed by atoms with E-state index in [0.29, 0.717) is 24.8 Å². The Morgan fingerprint density at radius 3 is 2.63 bits per heavy atom. The third-order valence-corrected chi connectivity index (χ3v) is 2.74. The molecule has 19 heavy (non-hydrogen) atoms. The molecule has 0 bridgehead atoms. The molecule has 0 atom stereocenters. The molecule has 0 saturated heterocycles. The third kappa shape index (κ3) is 4.48. The summed E-state index contributed by atoms with van der Waals surface area (Å²) in [5, 5.41) is 10.8. The van der Waals surface area contributed by atoms with Crippen molar-refractivity contribution in [3.63, 3.8) is 0 Å². The van der Waals surface area contributed by atoms with Gasteiger partial charge in [0, 0.05) is 19.1 Å². The highest BCUT2D eigenvalue weighted by atomic mass is 16.1. The molecular formula is C13H23N5O. The van der Waals surface area contributed by atoms with Crippen LogP contribution in [-0.4, -0.2) is 41.8 Å². The zero-order valence-corrected chi connectivity index (χ0v) is 11.9. The number of hydrogen-bond acceptors (Lipinski definition) is 5. The van der Waals surface area contributed by atoms with Crippen molar-refractivity contribution in [2.75, 3.05) is 24.5 Å². The second kappa shape index (κ2) is 7.68. The van der Waals surface area contributed by atoms with Crippen LogP contribution in [0, 0.1) is 0 Å². The number of nitrogens with one attached hydrogen (secondary N) is 1. The van der Waals surface area contributed by atoms with Crippen molar-refractivity contribution >= 4 is 11.7 Å². The molecule has 0 aliphatic carbocycles. The Hall–Kier alpha value is -1.69. The summed E-state index contributed by atoms with van der Waals surface area (Å²) < 4.78 is 0. The van der Waals surface area contributed by atoms with Crippen LogP contribution in [0.1, 0.15) is 37.7 Å². The van der Waals surface area contributed by atoms with E-state index >= 15 is 0 Å². The van der Waals surface area contributed by atoms with Gasteiger partial charge in [-0.15, -0.1) is 10.2 Å². The zero-order chi connectivity index (χ0) is 14.3. The lowest BCUT2D eigenvalue weighted by atomic mass is 10.2. The highest BCUT2D eigenvalue weighted by molar-refractivity contribution is 5.92. The van der Waals surface area contributed by atoms with Gasteiger partial charge in [0.2, 0.25) is 0 Å². The molecule has 0 unspecified atom stereocenters. The largest absolute Gasteiger partial charge is 0.353 e. The molecule has 0 spiro atoms. The van der Waals surface area contributed by atoms with Gasteiger partial charge < -0.3 is 16.0 Å². The van der Waals surface area contributed by atoms with Crippen LogP contribution in [-0.2, 0) is 0 Å². The van der Waals surface area contributed by atoms with Gasteiger partial charge in [0.1, 0.15) is 0 Å². The standard InChI is InChI=1S/C13H23N5O/c1-4-15-13(19)11-6-7-12(17-16-11)18(10(2)3)9-5-8-14/h6-7,10H,4-5,8-9,14H2,1-3H3,(H,15,19).